The Morgan fingerprint density at radius 3 is 2.47 bits per heavy atom. The van der Waals surface area contributed by atoms with Crippen molar-refractivity contribution < 1.29 is 0 Å². The van der Waals surface area contributed by atoms with Crippen LogP contribution >= 0.6 is 0 Å². The molecule has 0 radical (unpaired) electrons. The van der Waals surface area contributed by atoms with Gasteiger partial charge < -0.3 is 5.32 Å². The zero-order valence-electron chi connectivity index (χ0n) is 12.5. The molecule has 1 heteroatoms. The molecule has 4 unspecified atom stereocenters. The first-order valence-corrected chi connectivity index (χ1v) is 7.88. The molecule has 1 saturated carbocycles. The molecule has 4 atom stereocenters. The van der Waals surface area contributed by atoms with E-state index in [9.17, 15) is 0 Å². The molecule has 0 spiro atoms. The van der Waals surface area contributed by atoms with Gasteiger partial charge >= 0.3 is 0 Å². The fourth-order valence-electron chi connectivity index (χ4n) is 3.69. The van der Waals surface area contributed by atoms with Crippen LogP contribution in [0.1, 0.15) is 72.1 Å². The summed E-state index contributed by atoms with van der Waals surface area (Å²) in [7, 11) is 2.17. The first-order chi connectivity index (χ1) is 8.20. The molecule has 1 aliphatic rings. The highest BCUT2D eigenvalue weighted by molar-refractivity contribution is 4.85. The minimum absolute atomic E-state index is 0.752. The predicted octanol–water partition coefficient (Wildman–Crippen LogP) is 4.62. The Kier molecular flexibility index (Phi) is 7.18. The van der Waals surface area contributed by atoms with E-state index in [4.69, 9.17) is 0 Å². The van der Waals surface area contributed by atoms with Crippen LogP contribution in [-0.2, 0) is 0 Å². The minimum atomic E-state index is 0.752. The zero-order valence-corrected chi connectivity index (χ0v) is 12.5. The Morgan fingerprint density at radius 1 is 1.18 bits per heavy atom. The van der Waals surface area contributed by atoms with Gasteiger partial charge in [-0.1, -0.05) is 59.3 Å². The Bertz CT molecular complexity index is 190. The smallest absolute Gasteiger partial charge is 0.0120 e. The van der Waals surface area contributed by atoms with Crippen molar-refractivity contribution in [2.24, 2.45) is 17.8 Å². The lowest BCUT2D eigenvalue weighted by atomic mass is 9.72. The minimum Gasteiger partial charge on any atom is -0.316 e. The molecule has 0 aliphatic heterocycles. The molecule has 1 N–H and O–H groups in total. The number of unbranched alkanes of at least 4 members (excludes halogenated alkanes) is 2. The standard InChI is InChI=1S/C16H33N/c1-5-6-7-11-14(3)16(17-4)15-12-9-8-10-13(15)2/h13-17H,5-12H2,1-4H3. The molecule has 17 heavy (non-hydrogen) atoms. The molecule has 0 heterocycles. The molecular formula is C16H33N. The van der Waals surface area contributed by atoms with Gasteiger partial charge in [-0.3, -0.25) is 0 Å². The molecule has 0 saturated heterocycles. The molecule has 102 valence electrons. The molecule has 0 aromatic heterocycles. The lowest BCUT2D eigenvalue weighted by molar-refractivity contribution is 0.157. The van der Waals surface area contributed by atoms with E-state index in [0.29, 0.717) is 0 Å². The van der Waals surface area contributed by atoms with Gasteiger partial charge in [0.15, 0.2) is 0 Å². The number of nitrogens with one attached hydrogen (secondary N) is 1. The average Bonchev–Trinajstić information content (AvgIpc) is 2.33. The SMILES string of the molecule is CCCCCC(C)C(NC)C1CCCCC1C. The van der Waals surface area contributed by atoms with Crippen molar-refractivity contribution in [1.82, 2.24) is 5.32 Å². The third-order valence-corrected chi connectivity index (χ3v) is 4.85. The van der Waals surface area contributed by atoms with Crippen LogP contribution in [0.5, 0.6) is 0 Å². The van der Waals surface area contributed by atoms with Gasteiger partial charge in [0.25, 0.3) is 0 Å². The molecular weight excluding hydrogens is 206 g/mol. The number of hydrogen-bond donors (Lipinski definition) is 1. The summed E-state index contributed by atoms with van der Waals surface area (Å²) in [6, 6.07) is 0.752. The van der Waals surface area contributed by atoms with E-state index in [0.717, 1.165) is 23.8 Å². The van der Waals surface area contributed by atoms with Crippen molar-refractivity contribution in [3.63, 3.8) is 0 Å². The van der Waals surface area contributed by atoms with Gasteiger partial charge in [0.1, 0.15) is 0 Å². The average molecular weight is 239 g/mol. The van der Waals surface area contributed by atoms with Crippen LogP contribution in [0.25, 0.3) is 0 Å². The highest BCUT2D eigenvalue weighted by Crippen LogP contribution is 2.35. The Morgan fingerprint density at radius 2 is 1.88 bits per heavy atom. The molecule has 0 amide bonds. The zero-order chi connectivity index (χ0) is 12.7. The third-order valence-electron chi connectivity index (χ3n) is 4.85. The van der Waals surface area contributed by atoms with Crippen LogP contribution < -0.4 is 5.32 Å². The summed E-state index contributed by atoms with van der Waals surface area (Å²) in [6.07, 6.45) is 11.4. The normalized spacial score (nSPS) is 28.9. The summed E-state index contributed by atoms with van der Waals surface area (Å²) in [4.78, 5) is 0. The van der Waals surface area contributed by atoms with Crippen molar-refractivity contribution in [3.8, 4) is 0 Å². The maximum atomic E-state index is 3.63. The number of rotatable bonds is 7. The van der Waals surface area contributed by atoms with Gasteiger partial charge in [-0.15, -0.1) is 0 Å². The maximum absolute atomic E-state index is 3.63. The molecule has 1 nitrogen and oxygen atoms in total. The fourth-order valence-corrected chi connectivity index (χ4v) is 3.69. The molecule has 1 aliphatic carbocycles. The van der Waals surface area contributed by atoms with Gasteiger partial charge in [0.05, 0.1) is 0 Å². The maximum Gasteiger partial charge on any atom is 0.0120 e. The van der Waals surface area contributed by atoms with Gasteiger partial charge in [0.2, 0.25) is 0 Å². The topological polar surface area (TPSA) is 12.0 Å². The van der Waals surface area contributed by atoms with E-state index in [2.05, 4.69) is 33.1 Å². The van der Waals surface area contributed by atoms with Crippen LogP contribution in [0.2, 0.25) is 0 Å². The van der Waals surface area contributed by atoms with Crippen LogP contribution in [0.4, 0.5) is 0 Å². The van der Waals surface area contributed by atoms with Crippen molar-refractivity contribution >= 4 is 0 Å². The van der Waals surface area contributed by atoms with Crippen molar-refractivity contribution in [3.05, 3.63) is 0 Å². The highest BCUT2D eigenvalue weighted by atomic mass is 14.9. The highest BCUT2D eigenvalue weighted by Gasteiger charge is 2.31. The quantitative estimate of drug-likeness (QED) is 0.639. The number of hydrogen-bond acceptors (Lipinski definition) is 1. The Balaban J connectivity index is 2.44. The van der Waals surface area contributed by atoms with E-state index >= 15 is 0 Å². The van der Waals surface area contributed by atoms with Gasteiger partial charge in [-0.2, -0.15) is 0 Å². The van der Waals surface area contributed by atoms with Crippen LogP contribution in [0.15, 0.2) is 0 Å². The Labute approximate surface area is 109 Å². The van der Waals surface area contributed by atoms with Gasteiger partial charge in [0, 0.05) is 6.04 Å². The Hall–Kier alpha value is -0.0400. The van der Waals surface area contributed by atoms with Crippen LogP contribution in [-0.4, -0.2) is 13.1 Å². The first kappa shape index (κ1) is 15.0. The molecule has 0 aromatic rings. The second-order valence-electron chi connectivity index (χ2n) is 6.21. The summed E-state index contributed by atoms with van der Waals surface area (Å²) >= 11 is 0. The second-order valence-corrected chi connectivity index (χ2v) is 6.21. The summed E-state index contributed by atoms with van der Waals surface area (Å²) in [5.74, 6) is 2.69. The van der Waals surface area contributed by atoms with E-state index < -0.39 is 0 Å². The van der Waals surface area contributed by atoms with Crippen LogP contribution in [0.3, 0.4) is 0 Å². The summed E-state index contributed by atoms with van der Waals surface area (Å²) < 4.78 is 0. The van der Waals surface area contributed by atoms with E-state index in [1.54, 1.807) is 0 Å². The molecule has 0 aromatic carbocycles. The largest absolute Gasteiger partial charge is 0.316 e. The van der Waals surface area contributed by atoms with Crippen molar-refractivity contribution in [1.29, 1.82) is 0 Å². The third kappa shape index (κ3) is 4.62. The van der Waals surface area contributed by atoms with Crippen molar-refractivity contribution in [2.45, 2.75) is 78.2 Å². The summed E-state index contributed by atoms with van der Waals surface area (Å²) in [5.41, 5.74) is 0. The summed E-state index contributed by atoms with van der Waals surface area (Å²) in [5, 5.41) is 3.63. The van der Waals surface area contributed by atoms with E-state index in [1.807, 2.05) is 0 Å². The lowest BCUT2D eigenvalue weighted by Gasteiger charge is -2.38. The summed E-state index contributed by atoms with van der Waals surface area (Å²) in [6.45, 7) is 7.22. The van der Waals surface area contributed by atoms with E-state index in [-0.39, 0.29) is 0 Å². The first-order valence-electron chi connectivity index (χ1n) is 7.88. The lowest BCUT2D eigenvalue weighted by Crippen LogP contribution is -2.43. The van der Waals surface area contributed by atoms with Crippen molar-refractivity contribution in [2.75, 3.05) is 7.05 Å². The predicted molar refractivity (Wildman–Crippen MR) is 77.3 cm³/mol. The second kappa shape index (κ2) is 8.13. The fraction of sp³-hybridized carbons (Fsp3) is 1.00. The van der Waals surface area contributed by atoms with E-state index in [1.165, 1.54) is 51.4 Å². The molecule has 1 fully saturated rings. The van der Waals surface area contributed by atoms with Crippen LogP contribution in [0, 0.1) is 17.8 Å². The molecule has 0 bridgehead atoms. The van der Waals surface area contributed by atoms with Gasteiger partial charge in [-0.05, 0) is 37.6 Å². The van der Waals surface area contributed by atoms with Gasteiger partial charge in [-0.25, -0.2) is 0 Å². The monoisotopic (exact) mass is 239 g/mol. The molecule has 1 rings (SSSR count).